The molecule has 2 heterocycles. The molecule has 0 bridgehead atoms. The van der Waals surface area contributed by atoms with Gasteiger partial charge in [0.25, 0.3) is 0 Å². The van der Waals surface area contributed by atoms with Gasteiger partial charge in [0.1, 0.15) is 4.93 Å². The fraction of sp³-hybridized carbons (Fsp3) is 0.600. The van der Waals surface area contributed by atoms with Crippen LogP contribution in [0.5, 0.6) is 0 Å². The average molecular weight is 249 g/mol. The summed E-state index contributed by atoms with van der Waals surface area (Å²) in [6.45, 7) is 10.9. The van der Waals surface area contributed by atoms with Crippen LogP contribution in [0.25, 0.3) is 0 Å². The molecule has 1 fully saturated rings. The van der Waals surface area contributed by atoms with E-state index in [4.69, 9.17) is 6.11 Å². The van der Waals surface area contributed by atoms with Crippen LogP contribution in [0.4, 0.5) is 0 Å². The predicted octanol–water partition coefficient (Wildman–Crippen LogP) is 4.48. The Morgan fingerprint density at radius 2 is 1.88 bits per heavy atom. The average Bonchev–Trinajstić information content (AvgIpc) is 2.50. The maximum atomic E-state index is 8.43. The van der Waals surface area contributed by atoms with Crippen molar-refractivity contribution in [2.45, 2.75) is 50.4 Å². The van der Waals surface area contributed by atoms with Gasteiger partial charge in [-0.05, 0) is 26.3 Å². The monoisotopic (exact) mass is 249 g/mol. The number of hydrogen-bond acceptors (Lipinski definition) is 2. The van der Waals surface area contributed by atoms with E-state index < -0.39 is 6.08 Å². The maximum Gasteiger partial charge on any atom is 0.147 e. The molecule has 1 spiro atoms. The summed E-state index contributed by atoms with van der Waals surface area (Å²) in [7, 11) is 0. The molecule has 0 aliphatic carbocycles. The summed E-state index contributed by atoms with van der Waals surface area (Å²) in [6.07, 6.45) is -0.933. The number of hydrogen-bond donors (Lipinski definition) is 0. The fourth-order valence-electron chi connectivity index (χ4n) is 2.91. The second kappa shape index (κ2) is 3.10. The fourth-order valence-corrected chi connectivity index (χ4v) is 4.84. The first-order valence-electron chi connectivity index (χ1n) is 6.64. The van der Waals surface area contributed by atoms with Crippen LogP contribution in [0.1, 0.15) is 53.2 Å². The lowest BCUT2D eigenvalue weighted by Gasteiger charge is -2.64. The van der Waals surface area contributed by atoms with Gasteiger partial charge in [0, 0.05) is 15.7 Å². The largest absolute Gasteiger partial charge is 0.352 e. The molecule has 2 atom stereocenters. The first-order valence-corrected chi connectivity index (χ1v) is 6.96. The normalized spacial score (nSPS) is 41.8. The summed E-state index contributed by atoms with van der Waals surface area (Å²) >= 11 is 1.85. The van der Waals surface area contributed by atoms with Crippen molar-refractivity contribution in [1.29, 1.82) is 0 Å². The van der Waals surface area contributed by atoms with Crippen molar-refractivity contribution in [2.24, 2.45) is 5.41 Å². The molecule has 1 nitrogen and oxygen atoms in total. The van der Waals surface area contributed by atoms with Crippen LogP contribution in [0.15, 0.2) is 24.3 Å². The summed E-state index contributed by atoms with van der Waals surface area (Å²) in [6, 6.07) is 8.20. The van der Waals surface area contributed by atoms with Gasteiger partial charge in [-0.25, -0.2) is 0 Å². The predicted molar refractivity (Wildman–Crippen MR) is 73.1 cm³/mol. The third-order valence-corrected chi connectivity index (χ3v) is 6.81. The first kappa shape index (κ1) is 10.5. The highest BCUT2D eigenvalue weighted by atomic mass is 32.2. The van der Waals surface area contributed by atoms with Crippen LogP contribution < -0.4 is 0 Å². The number of fused-ring (bicyclic) bond motifs is 2. The summed E-state index contributed by atoms with van der Waals surface area (Å²) in [4.78, 5) is -0.358. The molecule has 2 aliphatic heterocycles. The molecule has 0 amide bonds. The summed E-state index contributed by atoms with van der Waals surface area (Å²) in [5, 5.41) is 0. The van der Waals surface area contributed by atoms with Crippen molar-refractivity contribution in [3.05, 3.63) is 35.4 Å². The number of thioether (sulfide) groups is 1. The minimum absolute atomic E-state index is 0.0135. The Balaban J connectivity index is 2.19. The van der Waals surface area contributed by atoms with Crippen molar-refractivity contribution in [1.82, 2.24) is 0 Å². The minimum Gasteiger partial charge on any atom is -0.352 e. The molecule has 2 aliphatic rings. The van der Waals surface area contributed by atoms with E-state index in [-0.39, 0.29) is 15.1 Å². The lowest BCUT2D eigenvalue weighted by atomic mass is 9.71. The van der Waals surface area contributed by atoms with Crippen LogP contribution in [0.2, 0.25) is 0 Å². The summed E-state index contributed by atoms with van der Waals surface area (Å²) < 4.78 is 14.8. The van der Waals surface area contributed by atoms with Gasteiger partial charge >= 0.3 is 0 Å². The van der Waals surface area contributed by atoms with Crippen LogP contribution >= 0.6 is 11.8 Å². The van der Waals surface area contributed by atoms with E-state index in [2.05, 4.69) is 33.8 Å². The van der Waals surface area contributed by atoms with Crippen molar-refractivity contribution in [3.63, 3.8) is 0 Å². The summed E-state index contributed by atoms with van der Waals surface area (Å²) in [5.74, 6) is 0. The van der Waals surface area contributed by atoms with E-state index in [1.54, 1.807) is 0 Å². The number of ether oxygens (including phenoxy) is 1. The first-order chi connectivity index (χ1) is 8.14. The van der Waals surface area contributed by atoms with Crippen molar-refractivity contribution in [3.8, 4) is 0 Å². The van der Waals surface area contributed by atoms with E-state index in [1.165, 1.54) is 5.56 Å². The SMILES string of the molecule is [2H]C1(C)OC2(SC(C)(C)C2(C)C)c2ccccc21. The van der Waals surface area contributed by atoms with E-state index in [0.717, 1.165) is 5.56 Å². The van der Waals surface area contributed by atoms with E-state index >= 15 is 0 Å². The van der Waals surface area contributed by atoms with Gasteiger partial charge in [-0.15, -0.1) is 11.8 Å². The molecule has 2 unspecified atom stereocenters. The standard InChI is InChI=1S/C15H20OS/c1-10-11-8-6-7-9-12(11)15(16-10)13(2,3)14(4,5)17-15/h6-10H,1-5H3/i10D. The van der Waals surface area contributed by atoms with Crippen LogP contribution in [-0.4, -0.2) is 4.75 Å². The molecule has 17 heavy (non-hydrogen) atoms. The Morgan fingerprint density at radius 3 is 2.47 bits per heavy atom. The molecule has 1 aromatic rings. The quantitative estimate of drug-likeness (QED) is 0.670. The lowest BCUT2D eigenvalue weighted by molar-refractivity contribution is -0.109. The minimum atomic E-state index is -0.933. The van der Waals surface area contributed by atoms with Crippen molar-refractivity contribution >= 4 is 11.8 Å². The van der Waals surface area contributed by atoms with Gasteiger partial charge in [0.2, 0.25) is 0 Å². The molecular formula is C15H20OS. The van der Waals surface area contributed by atoms with E-state index in [0.29, 0.717) is 0 Å². The highest BCUT2D eigenvalue weighted by molar-refractivity contribution is 8.03. The van der Waals surface area contributed by atoms with Crippen LogP contribution in [-0.2, 0) is 9.67 Å². The second-order valence-corrected chi connectivity index (χ2v) is 7.86. The van der Waals surface area contributed by atoms with Gasteiger partial charge in [-0.3, -0.25) is 0 Å². The molecule has 92 valence electrons. The molecule has 2 heteroatoms. The van der Waals surface area contributed by atoms with Gasteiger partial charge in [0.15, 0.2) is 0 Å². The Bertz CT molecular complexity index is 521. The third-order valence-electron chi connectivity index (χ3n) is 4.68. The Morgan fingerprint density at radius 1 is 1.24 bits per heavy atom. The topological polar surface area (TPSA) is 9.23 Å². The lowest BCUT2D eigenvalue weighted by Crippen LogP contribution is -2.62. The van der Waals surface area contributed by atoms with Crippen molar-refractivity contribution in [2.75, 3.05) is 0 Å². The van der Waals surface area contributed by atoms with Gasteiger partial charge in [-0.1, -0.05) is 38.1 Å². The zero-order chi connectivity index (χ0) is 13.4. The maximum absolute atomic E-state index is 8.43. The van der Waals surface area contributed by atoms with Gasteiger partial charge in [0.05, 0.1) is 7.45 Å². The van der Waals surface area contributed by atoms with Crippen molar-refractivity contribution < 1.29 is 6.11 Å². The molecule has 1 aromatic carbocycles. The van der Waals surface area contributed by atoms with E-state index in [9.17, 15) is 0 Å². The second-order valence-electron chi connectivity index (χ2n) is 6.06. The zero-order valence-electron chi connectivity index (χ0n) is 12.1. The molecule has 1 saturated heterocycles. The molecule has 0 N–H and O–H groups in total. The van der Waals surface area contributed by atoms with Gasteiger partial charge in [-0.2, -0.15) is 0 Å². The molecule has 0 radical (unpaired) electrons. The van der Waals surface area contributed by atoms with Gasteiger partial charge < -0.3 is 4.74 Å². The number of benzene rings is 1. The molecule has 0 saturated carbocycles. The highest BCUT2D eigenvalue weighted by Gasteiger charge is 2.70. The third kappa shape index (κ3) is 1.16. The van der Waals surface area contributed by atoms with E-state index in [1.807, 2.05) is 36.9 Å². The zero-order valence-corrected chi connectivity index (χ0v) is 11.9. The Labute approximate surface area is 109 Å². The smallest absolute Gasteiger partial charge is 0.147 e. The highest BCUT2D eigenvalue weighted by Crippen LogP contribution is 2.75. The Hall–Kier alpha value is -0.470. The molecule has 0 aromatic heterocycles. The van der Waals surface area contributed by atoms with Crippen LogP contribution in [0, 0.1) is 5.41 Å². The summed E-state index contributed by atoms with van der Waals surface area (Å²) in [5.41, 5.74) is 2.22. The van der Waals surface area contributed by atoms with Crippen LogP contribution in [0.3, 0.4) is 0 Å². The number of rotatable bonds is 0. The molecule has 3 rings (SSSR count). The molecular weight excluding hydrogens is 228 g/mol. The Kier molecular flexibility index (Phi) is 1.91.